The van der Waals surface area contributed by atoms with E-state index in [0.29, 0.717) is 66.5 Å². The van der Waals surface area contributed by atoms with Crippen LogP contribution in [-0.4, -0.2) is 76.0 Å². The van der Waals surface area contributed by atoms with Crippen molar-refractivity contribution < 1.29 is 29.0 Å². The van der Waals surface area contributed by atoms with Crippen LogP contribution in [0.3, 0.4) is 0 Å². The molecule has 0 atom stereocenters. The second-order valence-electron chi connectivity index (χ2n) is 11.8. The topological polar surface area (TPSA) is 157 Å². The Bertz CT molecular complexity index is 1750. The average Bonchev–Trinajstić information content (AvgIpc) is 3.89. The Hall–Kier alpha value is -4.77. The summed E-state index contributed by atoms with van der Waals surface area (Å²) in [7, 11) is 0. The first kappa shape index (κ1) is 28.0. The molecule has 2 fully saturated rings. The number of carbonyl (C=O) groups is 3. The molecule has 5 heterocycles. The highest BCUT2D eigenvalue weighted by atomic mass is 16.5. The van der Waals surface area contributed by atoms with Gasteiger partial charge < -0.3 is 30.5 Å². The first-order valence-electron chi connectivity index (χ1n) is 15.0. The van der Waals surface area contributed by atoms with Crippen LogP contribution in [0.15, 0.2) is 54.4 Å². The molecular weight excluding hydrogens is 562 g/mol. The number of Topliss-reactive ketones (excluding diaryl/α,β-unsaturated/α-hetero) is 1. The molecule has 226 valence electrons. The quantitative estimate of drug-likeness (QED) is 0.374. The van der Waals surface area contributed by atoms with Crippen molar-refractivity contribution in [2.24, 2.45) is 5.73 Å². The standard InChI is InChI=1S/C33H33N5O6/c34-31(41)22-13-21(17-35-18-22)20-3-4-27-24(14-20)26(40)16-33(44-27)6-9-38(10-7-33)32(42)25-15-28(43-12-11-39)23-5-8-36-29(19-1-2-19)30(23)37-25/h3-5,8,13-15,17,19,35,39H,1-2,6-7,9-12,16,18H2,(H2,34,41). The zero-order valence-electron chi connectivity index (χ0n) is 24.2. The number of nitrogens with two attached hydrogens (primary N) is 1. The van der Waals surface area contributed by atoms with Gasteiger partial charge in [-0.15, -0.1) is 0 Å². The summed E-state index contributed by atoms with van der Waals surface area (Å²) in [5, 5.41) is 13.2. The number of hydrogen-bond acceptors (Lipinski definition) is 9. The van der Waals surface area contributed by atoms with Crippen LogP contribution in [0.2, 0.25) is 0 Å². The van der Waals surface area contributed by atoms with Gasteiger partial charge in [0.25, 0.3) is 5.91 Å². The minimum atomic E-state index is -0.692. The van der Waals surface area contributed by atoms with E-state index < -0.39 is 11.5 Å². The van der Waals surface area contributed by atoms with Crippen molar-refractivity contribution in [3.8, 4) is 11.5 Å². The Balaban J connectivity index is 1.09. The predicted molar refractivity (Wildman–Crippen MR) is 161 cm³/mol. The van der Waals surface area contributed by atoms with E-state index in [2.05, 4.69) is 10.3 Å². The molecule has 1 aromatic carbocycles. The van der Waals surface area contributed by atoms with Crippen LogP contribution in [0.5, 0.6) is 11.5 Å². The van der Waals surface area contributed by atoms with Crippen molar-refractivity contribution in [1.82, 2.24) is 20.2 Å². The highest BCUT2D eigenvalue weighted by Crippen LogP contribution is 2.43. The molecule has 11 heteroatoms. The molecule has 0 unspecified atom stereocenters. The van der Waals surface area contributed by atoms with E-state index in [1.165, 1.54) is 0 Å². The van der Waals surface area contributed by atoms with Crippen molar-refractivity contribution in [2.75, 3.05) is 32.8 Å². The zero-order chi connectivity index (χ0) is 30.4. The molecule has 3 aromatic rings. The molecule has 3 aliphatic heterocycles. The third kappa shape index (κ3) is 5.17. The lowest BCUT2D eigenvalue weighted by atomic mass is 9.82. The summed E-state index contributed by atoms with van der Waals surface area (Å²) in [6.45, 7) is 1.14. The summed E-state index contributed by atoms with van der Waals surface area (Å²) >= 11 is 0. The molecular formula is C33H33N5O6. The second-order valence-corrected chi connectivity index (χ2v) is 11.8. The number of aliphatic hydroxyl groups is 1. The average molecular weight is 596 g/mol. The third-order valence-electron chi connectivity index (χ3n) is 8.83. The fraction of sp³-hybridized carbons (Fsp3) is 0.364. The van der Waals surface area contributed by atoms with Crippen molar-refractivity contribution in [2.45, 2.75) is 43.6 Å². The number of fused-ring (bicyclic) bond motifs is 2. The molecule has 1 aliphatic carbocycles. The number of carbonyl (C=O) groups excluding carboxylic acids is 3. The molecule has 1 spiro atoms. The number of rotatable bonds is 7. The van der Waals surface area contributed by atoms with Gasteiger partial charge in [0.2, 0.25) is 5.91 Å². The number of amides is 2. The number of ether oxygens (including phenoxy) is 2. The Kier molecular flexibility index (Phi) is 7.04. The Labute approximate surface area is 253 Å². The number of nitrogens with zero attached hydrogens (tertiary/aromatic N) is 3. The molecule has 0 radical (unpaired) electrons. The molecule has 1 saturated heterocycles. The minimum absolute atomic E-state index is 0.0154. The molecule has 44 heavy (non-hydrogen) atoms. The summed E-state index contributed by atoms with van der Waals surface area (Å²) < 4.78 is 12.3. The summed E-state index contributed by atoms with van der Waals surface area (Å²) in [6, 6.07) is 8.94. The van der Waals surface area contributed by atoms with Crippen LogP contribution in [0, 0.1) is 0 Å². The van der Waals surface area contributed by atoms with E-state index in [9.17, 15) is 19.5 Å². The Morgan fingerprint density at radius 2 is 2.00 bits per heavy atom. The van der Waals surface area contributed by atoms with E-state index >= 15 is 0 Å². The van der Waals surface area contributed by atoms with Crippen LogP contribution in [0.25, 0.3) is 16.5 Å². The fourth-order valence-corrected chi connectivity index (χ4v) is 6.29. The Morgan fingerprint density at radius 3 is 2.75 bits per heavy atom. The van der Waals surface area contributed by atoms with Gasteiger partial charge in [0.15, 0.2) is 5.78 Å². The number of pyridine rings is 2. The molecule has 2 aromatic heterocycles. The maximum atomic E-state index is 13.7. The number of dihydropyridines is 1. The first-order valence-corrected chi connectivity index (χ1v) is 15.0. The number of nitrogens with one attached hydrogen (secondary N) is 1. The SMILES string of the molecule is NC(=O)C1=CC(c2ccc3c(c2)C(=O)CC2(CCN(C(=O)c4cc(OCCO)c5ccnc(C6CC6)c5n4)CC2)O3)=CNC1. The van der Waals surface area contributed by atoms with Gasteiger partial charge in [-0.3, -0.25) is 19.4 Å². The normalized spacial score (nSPS) is 19.0. The van der Waals surface area contributed by atoms with Crippen molar-refractivity contribution >= 4 is 34.1 Å². The number of allylic oxidation sites excluding steroid dienone is 2. The maximum Gasteiger partial charge on any atom is 0.272 e. The summed E-state index contributed by atoms with van der Waals surface area (Å²) in [5.74, 6) is 0.638. The van der Waals surface area contributed by atoms with E-state index in [4.69, 9.17) is 20.2 Å². The number of hydrogen-bond donors (Lipinski definition) is 3. The maximum absolute atomic E-state index is 13.7. The van der Waals surface area contributed by atoms with Crippen molar-refractivity contribution in [3.63, 3.8) is 0 Å². The molecule has 7 rings (SSSR count). The van der Waals surface area contributed by atoms with E-state index in [1.807, 2.05) is 12.1 Å². The van der Waals surface area contributed by atoms with Gasteiger partial charge in [0, 0.05) is 67.8 Å². The van der Waals surface area contributed by atoms with Gasteiger partial charge in [0.05, 0.1) is 29.8 Å². The van der Waals surface area contributed by atoms with Crippen molar-refractivity contribution in [3.05, 3.63) is 76.9 Å². The molecule has 2 amide bonds. The second kappa shape index (κ2) is 11.1. The van der Waals surface area contributed by atoms with Gasteiger partial charge >= 0.3 is 0 Å². The van der Waals surface area contributed by atoms with Crippen LogP contribution >= 0.6 is 0 Å². The lowest BCUT2D eigenvalue weighted by molar-refractivity contribution is -0.114. The van der Waals surface area contributed by atoms with Gasteiger partial charge in [0.1, 0.15) is 29.4 Å². The first-order chi connectivity index (χ1) is 21.3. The highest BCUT2D eigenvalue weighted by Gasteiger charge is 2.44. The summed E-state index contributed by atoms with van der Waals surface area (Å²) in [5.41, 5.74) is 9.10. The van der Waals surface area contributed by atoms with Crippen LogP contribution in [0.4, 0.5) is 0 Å². The summed E-state index contributed by atoms with van der Waals surface area (Å²) in [6.07, 6.45) is 8.57. The monoisotopic (exact) mass is 595 g/mol. The van der Waals surface area contributed by atoms with E-state index in [1.54, 1.807) is 41.6 Å². The van der Waals surface area contributed by atoms with Gasteiger partial charge in [-0.25, -0.2) is 4.98 Å². The van der Waals surface area contributed by atoms with Gasteiger partial charge in [-0.05, 0) is 48.3 Å². The minimum Gasteiger partial charge on any atom is -0.490 e. The fourth-order valence-electron chi connectivity index (χ4n) is 6.29. The van der Waals surface area contributed by atoms with Crippen LogP contribution in [0.1, 0.15) is 70.1 Å². The number of likely N-dealkylation sites (tertiary alicyclic amines) is 1. The van der Waals surface area contributed by atoms with Gasteiger partial charge in [-0.2, -0.15) is 0 Å². The summed E-state index contributed by atoms with van der Waals surface area (Å²) in [4.78, 5) is 49.9. The third-order valence-corrected chi connectivity index (χ3v) is 8.83. The highest BCUT2D eigenvalue weighted by molar-refractivity contribution is 6.02. The smallest absolute Gasteiger partial charge is 0.272 e. The zero-order valence-corrected chi connectivity index (χ0v) is 24.2. The number of primary amides is 1. The van der Waals surface area contributed by atoms with E-state index in [0.717, 1.165) is 35.1 Å². The number of aliphatic hydroxyl groups excluding tert-OH is 1. The van der Waals surface area contributed by atoms with Crippen molar-refractivity contribution in [1.29, 1.82) is 0 Å². The molecule has 4 N–H and O–H groups in total. The Morgan fingerprint density at radius 1 is 1.18 bits per heavy atom. The van der Waals surface area contributed by atoms with E-state index in [-0.39, 0.29) is 37.0 Å². The molecule has 1 saturated carbocycles. The van der Waals surface area contributed by atoms with Gasteiger partial charge in [-0.1, -0.05) is 6.07 Å². The lowest BCUT2D eigenvalue weighted by Crippen LogP contribution is -2.52. The lowest BCUT2D eigenvalue weighted by Gasteiger charge is -2.44. The number of ketones is 1. The molecule has 0 bridgehead atoms. The van der Waals surface area contributed by atoms with Crippen LogP contribution in [-0.2, 0) is 4.79 Å². The van der Waals surface area contributed by atoms with Crippen LogP contribution < -0.4 is 20.5 Å². The number of benzene rings is 1. The number of piperidine rings is 1. The largest absolute Gasteiger partial charge is 0.490 e. The predicted octanol–water partition coefficient (Wildman–Crippen LogP) is 2.87. The molecule has 11 nitrogen and oxygen atoms in total. The molecule has 4 aliphatic rings. The number of aromatic nitrogens is 2.